The van der Waals surface area contributed by atoms with Gasteiger partial charge < -0.3 is 9.30 Å². The molecule has 138 valence electrons. The molecule has 26 heavy (non-hydrogen) atoms. The first-order valence-corrected chi connectivity index (χ1v) is 7.66. The fraction of sp³-hybridized carbons (Fsp3) is 0.312. The second kappa shape index (κ2) is 6.77. The maximum absolute atomic E-state index is 13.2. The number of ether oxygens (including phenoxy) is 1. The molecule has 0 N–H and O–H groups in total. The predicted molar refractivity (Wildman–Crippen MR) is 84.8 cm³/mol. The van der Waals surface area contributed by atoms with E-state index in [9.17, 15) is 22.4 Å². The van der Waals surface area contributed by atoms with Crippen LogP contribution in [0.3, 0.4) is 0 Å². The zero-order valence-corrected chi connectivity index (χ0v) is 13.6. The van der Waals surface area contributed by atoms with Gasteiger partial charge in [0.05, 0.1) is 18.6 Å². The molecule has 0 aliphatic heterocycles. The fourth-order valence-corrected chi connectivity index (χ4v) is 2.39. The first-order valence-electron chi connectivity index (χ1n) is 7.66. The van der Waals surface area contributed by atoms with Gasteiger partial charge in [-0.2, -0.15) is 18.2 Å². The van der Waals surface area contributed by atoms with E-state index in [1.807, 2.05) is 0 Å². The molecule has 0 aliphatic carbocycles. The van der Waals surface area contributed by atoms with Crippen LogP contribution in [-0.4, -0.2) is 31.9 Å². The van der Waals surface area contributed by atoms with Crippen molar-refractivity contribution in [2.45, 2.75) is 19.0 Å². The van der Waals surface area contributed by atoms with Crippen molar-refractivity contribution in [3.8, 4) is 11.7 Å². The van der Waals surface area contributed by atoms with Crippen molar-refractivity contribution in [2.75, 3.05) is 6.61 Å². The van der Waals surface area contributed by atoms with Crippen LogP contribution in [0.4, 0.5) is 17.6 Å². The molecule has 0 atom stereocenters. The van der Waals surface area contributed by atoms with Crippen molar-refractivity contribution in [2.24, 2.45) is 7.05 Å². The van der Waals surface area contributed by atoms with Gasteiger partial charge in [-0.05, 0) is 30.7 Å². The fourth-order valence-electron chi connectivity index (χ4n) is 2.39. The third-order valence-electron chi connectivity index (χ3n) is 3.63. The summed E-state index contributed by atoms with van der Waals surface area (Å²) in [6.45, 7) is -0.281. The number of imidazole rings is 1. The number of aromatic nitrogens is 4. The lowest BCUT2D eigenvalue weighted by Crippen LogP contribution is -2.23. The third kappa shape index (κ3) is 3.68. The molecule has 0 spiro atoms. The number of fused-ring (bicyclic) bond motifs is 1. The number of benzene rings is 1. The molecule has 10 heteroatoms. The van der Waals surface area contributed by atoms with Gasteiger partial charge >= 0.3 is 12.2 Å². The molecule has 6 nitrogen and oxygen atoms in total. The van der Waals surface area contributed by atoms with E-state index >= 15 is 0 Å². The van der Waals surface area contributed by atoms with E-state index in [2.05, 4.69) is 9.97 Å². The van der Waals surface area contributed by atoms with Crippen LogP contribution in [0.15, 0.2) is 35.4 Å². The van der Waals surface area contributed by atoms with Crippen LogP contribution in [0.5, 0.6) is 6.01 Å². The molecule has 0 bridgehead atoms. The SMILES string of the molecule is Cn1cnc2c(=O)n(-c3ccc(F)cc3)c(OCCCC(F)(F)F)nc21. The summed E-state index contributed by atoms with van der Waals surface area (Å²) in [5.41, 5.74) is 0.00829. The molecule has 3 aromatic rings. The summed E-state index contributed by atoms with van der Waals surface area (Å²) in [6, 6.07) is 4.81. The number of hydrogen-bond acceptors (Lipinski definition) is 4. The van der Waals surface area contributed by atoms with Gasteiger partial charge in [0, 0.05) is 13.5 Å². The largest absolute Gasteiger partial charge is 0.464 e. The first kappa shape index (κ1) is 17.9. The summed E-state index contributed by atoms with van der Waals surface area (Å²) in [6.07, 6.45) is -4.20. The highest BCUT2D eigenvalue weighted by Gasteiger charge is 2.26. The van der Waals surface area contributed by atoms with Gasteiger partial charge in [-0.25, -0.2) is 13.9 Å². The lowest BCUT2D eigenvalue weighted by Gasteiger charge is -2.13. The summed E-state index contributed by atoms with van der Waals surface area (Å²) in [7, 11) is 1.62. The Bertz CT molecular complexity index is 977. The first-order chi connectivity index (χ1) is 12.3. The highest BCUT2D eigenvalue weighted by Crippen LogP contribution is 2.22. The maximum atomic E-state index is 13.2. The number of alkyl halides is 3. The van der Waals surface area contributed by atoms with Crippen molar-refractivity contribution in [3.63, 3.8) is 0 Å². The van der Waals surface area contributed by atoms with Gasteiger partial charge in [0.2, 0.25) is 0 Å². The zero-order valence-electron chi connectivity index (χ0n) is 13.6. The number of hydrogen-bond donors (Lipinski definition) is 0. The molecule has 0 amide bonds. The van der Waals surface area contributed by atoms with Gasteiger partial charge in [-0.1, -0.05) is 0 Å². The summed E-state index contributed by atoms with van der Waals surface area (Å²) in [5.74, 6) is -0.499. The highest BCUT2D eigenvalue weighted by molar-refractivity contribution is 5.70. The van der Waals surface area contributed by atoms with Crippen LogP contribution in [0, 0.1) is 5.82 Å². The molecule has 2 heterocycles. The van der Waals surface area contributed by atoms with Crippen molar-refractivity contribution >= 4 is 11.2 Å². The smallest absolute Gasteiger partial charge is 0.389 e. The quantitative estimate of drug-likeness (QED) is 0.512. The molecule has 1 aromatic carbocycles. The Balaban J connectivity index is 2.01. The van der Waals surface area contributed by atoms with Crippen LogP contribution >= 0.6 is 0 Å². The second-order valence-electron chi connectivity index (χ2n) is 5.61. The molecular formula is C16H14F4N4O2. The molecule has 0 aliphatic rings. The monoisotopic (exact) mass is 370 g/mol. The normalized spacial score (nSPS) is 11.9. The van der Waals surface area contributed by atoms with Crippen LogP contribution in [0.1, 0.15) is 12.8 Å². The van der Waals surface area contributed by atoms with Gasteiger partial charge in [-0.3, -0.25) is 4.79 Å². The van der Waals surface area contributed by atoms with Crippen LogP contribution in [0.2, 0.25) is 0 Å². The summed E-state index contributed by atoms with van der Waals surface area (Å²) < 4.78 is 57.9. The van der Waals surface area contributed by atoms with E-state index in [4.69, 9.17) is 4.74 Å². The molecule has 0 saturated heterocycles. The van der Waals surface area contributed by atoms with E-state index in [1.165, 1.54) is 23.0 Å². The van der Waals surface area contributed by atoms with Crippen molar-refractivity contribution in [3.05, 3.63) is 46.8 Å². The number of rotatable bonds is 5. The predicted octanol–water partition coefficient (Wildman–Crippen LogP) is 2.98. The Kier molecular flexibility index (Phi) is 4.66. The molecule has 2 aromatic heterocycles. The lowest BCUT2D eigenvalue weighted by atomic mass is 10.3. The average Bonchev–Trinajstić information content (AvgIpc) is 2.94. The Morgan fingerprint density at radius 1 is 1.19 bits per heavy atom. The van der Waals surface area contributed by atoms with Crippen molar-refractivity contribution in [1.29, 1.82) is 0 Å². The molecule has 0 unspecified atom stereocenters. The second-order valence-corrected chi connectivity index (χ2v) is 5.61. The van der Waals surface area contributed by atoms with Crippen molar-refractivity contribution in [1.82, 2.24) is 19.1 Å². The van der Waals surface area contributed by atoms with Gasteiger partial charge in [0.1, 0.15) is 5.82 Å². The third-order valence-corrected chi connectivity index (χ3v) is 3.63. The standard InChI is InChI=1S/C16H14F4N4O2/c1-23-9-21-12-13(23)22-15(26-8-2-7-16(18,19)20)24(14(12)25)11-5-3-10(17)4-6-11/h3-6,9H,2,7-8H2,1H3. The Hall–Kier alpha value is -2.91. The molecule has 0 fully saturated rings. The van der Waals surface area contributed by atoms with Crippen LogP contribution in [0.25, 0.3) is 16.9 Å². The summed E-state index contributed by atoms with van der Waals surface area (Å²) in [4.78, 5) is 20.9. The maximum Gasteiger partial charge on any atom is 0.389 e. The minimum atomic E-state index is -4.29. The van der Waals surface area contributed by atoms with E-state index in [0.29, 0.717) is 0 Å². The molecular weight excluding hydrogens is 356 g/mol. The van der Waals surface area contributed by atoms with E-state index in [-0.39, 0.29) is 35.9 Å². The van der Waals surface area contributed by atoms with Gasteiger partial charge in [-0.15, -0.1) is 0 Å². The summed E-state index contributed by atoms with van der Waals surface area (Å²) >= 11 is 0. The Morgan fingerprint density at radius 3 is 2.54 bits per heavy atom. The van der Waals surface area contributed by atoms with Crippen LogP contribution < -0.4 is 10.3 Å². The summed E-state index contributed by atoms with van der Waals surface area (Å²) in [5, 5.41) is 0. The zero-order chi connectivity index (χ0) is 18.9. The minimum absolute atomic E-state index is 0.0690. The molecule has 0 saturated carbocycles. The van der Waals surface area contributed by atoms with Gasteiger partial charge in [0.25, 0.3) is 5.56 Å². The van der Waals surface area contributed by atoms with Crippen LogP contribution in [-0.2, 0) is 7.05 Å². The highest BCUT2D eigenvalue weighted by atomic mass is 19.4. The Morgan fingerprint density at radius 2 is 1.88 bits per heavy atom. The number of nitrogens with zero attached hydrogens (tertiary/aromatic N) is 4. The Labute approximate surface area is 144 Å². The van der Waals surface area contributed by atoms with E-state index in [1.54, 1.807) is 7.05 Å². The molecule has 3 rings (SSSR count). The van der Waals surface area contributed by atoms with E-state index in [0.717, 1.165) is 16.7 Å². The number of halogens is 4. The molecule has 0 radical (unpaired) electrons. The number of aryl methyl sites for hydroxylation is 1. The van der Waals surface area contributed by atoms with E-state index < -0.39 is 24.0 Å². The lowest BCUT2D eigenvalue weighted by molar-refractivity contribution is -0.136. The van der Waals surface area contributed by atoms with Crippen molar-refractivity contribution < 1.29 is 22.3 Å². The average molecular weight is 370 g/mol. The van der Waals surface area contributed by atoms with Gasteiger partial charge in [0.15, 0.2) is 11.2 Å². The minimum Gasteiger partial charge on any atom is -0.464 e. The topological polar surface area (TPSA) is 61.9 Å².